The van der Waals surface area contributed by atoms with Gasteiger partial charge in [0.2, 0.25) is 0 Å². The molecule has 0 saturated carbocycles. The lowest BCUT2D eigenvalue weighted by Gasteiger charge is -2.27. The summed E-state index contributed by atoms with van der Waals surface area (Å²) < 4.78 is 0. The number of hydrogen-bond donors (Lipinski definition) is 0. The van der Waals surface area contributed by atoms with Gasteiger partial charge in [-0.3, -0.25) is 4.98 Å². The van der Waals surface area contributed by atoms with Gasteiger partial charge >= 0.3 is 0 Å². The minimum Gasteiger partial charge on any atom is -0.264 e. The van der Waals surface area contributed by atoms with Crippen LogP contribution in [-0.2, 0) is 11.8 Å². The normalized spacial score (nSPS) is 13.4. The van der Waals surface area contributed by atoms with Gasteiger partial charge in [-0.1, -0.05) is 55.1 Å². The molecule has 0 radical (unpaired) electrons. The van der Waals surface area contributed by atoms with Gasteiger partial charge in [-0.15, -0.1) is 0 Å². The monoisotopic (exact) mass is 332 g/mol. The molecule has 0 bridgehead atoms. The minimum atomic E-state index is -0.604. The number of nitrogens with zero attached hydrogens (tertiary/aromatic N) is 2. The van der Waals surface area contributed by atoms with Crippen LogP contribution in [0.3, 0.4) is 0 Å². The number of rotatable bonds is 6. The van der Waals surface area contributed by atoms with Crippen molar-refractivity contribution in [3.05, 3.63) is 63.9 Å². The third kappa shape index (κ3) is 3.80. The number of benzene rings is 1. The van der Waals surface area contributed by atoms with Gasteiger partial charge in [0.05, 0.1) is 21.5 Å². The zero-order chi connectivity index (χ0) is 16.0. The molecule has 1 unspecified atom stereocenters. The Bertz CT molecular complexity index is 665. The molecule has 4 heteroatoms. The van der Waals surface area contributed by atoms with E-state index in [0.717, 1.165) is 30.4 Å². The Hall–Kier alpha value is -1.56. The largest absolute Gasteiger partial charge is 0.264 e. The number of aromatic nitrogens is 1. The molecule has 1 heterocycles. The van der Waals surface area contributed by atoms with Gasteiger partial charge in [0.25, 0.3) is 0 Å². The lowest BCUT2D eigenvalue weighted by molar-refractivity contribution is 0.476. The first-order valence-corrected chi connectivity index (χ1v) is 8.12. The van der Waals surface area contributed by atoms with Crippen LogP contribution in [0.1, 0.15) is 37.3 Å². The van der Waals surface area contributed by atoms with Crippen molar-refractivity contribution in [3.8, 4) is 6.07 Å². The predicted octanol–water partition coefficient (Wildman–Crippen LogP) is 5.58. The van der Waals surface area contributed by atoms with E-state index in [0.29, 0.717) is 16.5 Å². The van der Waals surface area contributed by atoms with Gasteiger partial charge in [-0.05, 0) is 42.2 Å². The molecule has 0 saturated heterocycles. The van der Waals surface area contributed by atoms with Crippen molar-refractivity contribution in [2.45, 2.75) is 38.0 Å². The van der Waals surface area contributed by atoms with E-state index >= 15 is 0 Å². The molecule has 0 spiro atoms. The number of nitriles is 1. The molecule has 0 N–H and O–H groups in total. The summed E-state index contributed by atoms with van der Waals surface area (Å²) in [5, 5.41) is 10.9. The van der Waals surface area contributed by atoms with Gasteiger partial charge < -0.3 is 0 Å². The molecule has 1 aromatic carbocycles. The Balaban J connectivity index is 2.44. The molecule has 0 aliphatic rings. The second kappa shape index (κ2) is 7.63. The molecule has 0 aliphatic heterocycles. The zero-order valence-corrected chi connectivity index (χ0v) is 14.0. The maximum absolute atomic E-state index is 9.93. The molecular weight excluding hydrogens is 315 g/mol. The van der Waals surface area contributed by atoms with Gasteiger partial charge in [0.1, 0.15) is 0 Å². The highest BCUT2D eigenvalue weighted by molar-refractivity contribution is 6.42. The first-order valence-electron chi connectivity index (χ1n) is 7.37. The first kappa shape index (κ1) is 16.8. The van der Waals surface area contributed by atoms with E-state index in [1.165, 1.54) is 0 Å². The van der Waals surface area contributed by atoms with Crippen molar-refractivity contribution >= 4 is 23.2 Å². The van der Waals surface area contributed by atoms with Crippen molar-refractivity contribution < 1.29 is 0 Å². The average Bonchev–Trinajstić information content (AvgIpc) is 2.55. The smallest absolute Gasteiger partial charge is 0.0863 e. The Morgan fingerprint density at radius 1 is 1.23 bits per heavy atom. The fourth-order valence-corrected chi connectivity index (χ4v) is 2.92. The van der Waals surface area contributed by atoms with Crippen molar-refractivity contribution in [1.29, 1.82) is 5.26 Å². The molecule has 22 heavy (non-hydrogen) atoms. The SMILES string of the molecule is CCCCC(C#N)(Cc1cccnc1)c1ccc(Cl)c(Cl)c1. The summed E-state index contributed by atoms with van der Waals surface area (Å²) in [4.78, 5) is 4.15. The number of pyridine rings is 1. The summed E-state index contributed by atoms with van der Waals surface area (Å²) in [5.41, 5.74) is 1.36. The Labute approximate surface area is 141 Å². The second-order valence-electron chi connectivity index (χ2n) is 5.46. The topological polar surface area (TPSA) is 36.7 Å². The van der Waals surface area contributed by atoms with E-state index in [1.54, 1.807) is 12.3 Å². The maximum Gasteiger partial charge on any atom is 0.0863 e. The van der Waals surface area contributed by atoms with E-state index in [9.17, 15) is 5.26 Å². The number of unbranched alkanes of at least 4 members (excludes halogenated alkanes) is 1. The fraction of sp³-hybridized carbons (Fsp3) is 0.333. The molecular formula is C18H18Cl2N2. The molecule has 0 fully saturated rings. The first-order chi connectivity index (χ1) is 10.6. The molecule has 114 valence electrons. The van der Waals surface area contributed by atoms with Gasteiger partial charge in [-0.2, -0.15) is 5.26 Å². The van der Waals surface area contributed by atoms with Gasteiger partial charge in [-0.25, -0.2) is 0 Å². The van der Waals surface area contributed by atoms with Crippen molar-refractivity contribution in [2.24, 2.45) is 0 Å². The van der Waals surface area contributed by atoms with Crippen LogP contribution in [0.15, 0.2) is 42.7 Å². The van der Waals surface area contributed by atoms with E-state index < -0.39 is 5.41 Å². The van der Waals surface area contributed by atoms with Crippen LogP contribution in [0.2, 0.25) is 10.0 Å². The standard InChI is InChI=1S/C18H18Cl2N2/c1-2-3-8-18(13-21,11-14-5-4-9-22-12-14)15-6-7-16(19)17(20)10-15/h4-7,9-10,12H,2-3,8,11H2,1H3. The van der Waals surface area contributed by atoms with E-state index in [4.69, 9.17) is 23.2 Å². The van der Waals surface area contributed by atoms with E-state index in [2.05, 4.69) is 18.0 Å². The summed E-state index contributed by atoms with van der Waals surface area (Å²) in [5.74, 6) is 0. The predicted molar refractivity (Wildman–Crippen MR) is 91.2 cm³/mol. The van der Waals surface area contributed by atoms with E-state index in [1.807, 2.05) is 30.5 Å². The van der Waals surface area contributed by atoms with Crippen molar-refractivity contribution in [3.63, 3.8) is 0 Å². The quantitative estimate of drug-likeness (QED) is 0.691. The van der Waals surface area contributed by atoms with Gasteiger partial charge in [0.15, 0.2) is 0 Å². The molecule has 2 rings (SSSR count). The summed E-state index contributed by atoms with van der Waals surface area (Å²) in [6.45, 7) is 2.13. The van der Waals surface area contributed by atoms with Crippen LogP contribution >= 0.6 is 23.2 Å². The van der Waals surface area contributed by atoms with Crippen LogP contribution in [-0.4, -0.2) is 4.98 Å². The van der Waals surface area contributed by atoms with Crippen LogP contribution in [0.25, 0.3) is 0 Å². The van der Waals surface area contributed by atoms with Crippen LogP contribution < -0.4 is 0 Å². The summed E-state index contributed by atoms with van der Waals surface area (Å²) in [7, 11) is 0. The average molecular weight is 333 g/mol. The van der Waals surface area contributed by atoms with Crippen molar-refractivity contribution in [1.82, 2.24) is 4.98 Å². The Kier molecular flexibility index (Phi) is 5.83. The molecule has 2 nitrogen and oxygen atoms in total. The number of hydrogen-bond acceptors (Lipinski definition) is 2. The summed E-state index contributed by atoms with van der Waals surface area (Å²) in [6, 6.07) is 11.9. The third-order valence-electron chi connectivity index (χ3n) is 3.87. The molecule has 1 atom stereocenters. The molecule has 0 amide bonds. The lowest BCUT2D eigenvalue weighted by atomic mass is 9.73. The van der Waals surface area contributed by atoms with Crippen LogP contribution in [0.5, 0.6) is 0 Å². The molecule has 0 aliphatic carbocycles. The fourth-order valence-electron chi connectivity index (χ4n) is 2.62. The Morgan fingerprint density at radius 3 is 2.64 bits per heavy atom. The minimum absolute atomic E-state index is 0.487. The van der Waals surface area contributed by atoms with Gasteiger partial charge in [0, 0.05) is 12.4 Å². The highest BCUT2D eigenvalue weighted by Crippen LogP contribution is 2.36. The summed E-state index contributed by atoms with van der Waals surface area (Å²) in [6.07, 6.45) is 6.98. The summed E-state index contributed by atoms with van der Waals surface area (Å²) >= 11 is 12.2. The molecule has 1 aromatic heterocycles. The van der Waals surface area contributed by atoms with Crippen LogP contribution in [0.4, 0.5) is 0 Å². The van der Waals surface area contributed by atoms with Crippen molar-refractivity contribution in [2.75, 3.05) is 0 Å². The lowest BCUT2D eigenvalue weighted by Crippen LogP contribution is -2.27. The zero-order valence-electron chi connectivity index (χ0n) is 12.5. The van der Waals surface area contributed by atoms with E-state index in [-0.39, 0.29) is 0 Å². The highest BCUT2D eigenvalue weighted by atomic mass is 35.5. The second-order valence-corrected chi connectivity index (χ2v) is 6.28. The number of halogens is 2. The highest BCUT2D eigenvalue weighted by Gasteiger charge is 2.32. The maximum atomic E-state index is 9.93. The molecule has 2 aromatic rings. The Morgan fingerprint density at radius 2 is 2.05 bits per heavy atom. The third-order valence-corrected chi connectivity index (χ3v) is 4.61. The van der Waals surface area contributed by atoms with Crippen LogP contribution in [0, 0.1) is 11.3 Å².